The first-order valence-corrected chi connectivity index (χ1v) is 13.3. The van der Waals surface area contributed by atoms with E-state index in [-0.39, 0.29) is 17.9 Å². The third-order valence-electron chi connectivity index (χ3n) is 7.11. The van der Waals surface area contributed by atoms with Crippen molar-refractivity contribution in [2.45, 2.75) is 38.1 Å². The minimum atomic E-state index is -0.190. The molecule has 0 aliphatic carbocycles. The largest absolute Gasteiger partial charge is 0.327 e. The molecule has 0 saturated carbocycles. The highest BCUT2D eigenvalue weighted by Crippen LogP contribution is 2.27. The molecule has 0 fully saturated rings. The number of nitrogens with one attached hydrogen (secondary N) is 1. The van der Waals surface area contributed by atoms with Gasteiger partial charge in [-0.05, 0) is 72.4 Å². The maximum Gasteiger partial charge on any atom is 0.258 e. The van der Waals surface area contributed by atoms with Crippen molar-refractivity contribution in [1.29, 1.82) is 0 Å². The molecule has 5 heteroatoms. The number of carbonyl (C=O) groups is 2. The van der Waals surface area contributed by atoms with Gasteiger partial charge in [0.2, 0.25) is 0 Å². The van der Waals surface area contributed by atoms with Crippen molar-refractivity contribution < 1.29 is 9.59 Å². The van der Waals surface area contributed by atoms with Crippen molar-refractivity contribution in [3.8, 4) is 11.1 Å². The molecule has 0 spiro atoms. The molecule has 4 aromatic rings. The Kier molecular flexibility index (Phi) is 7.95. The van der Waals surface area contributed by atoms with Gasteiger partial charge in [0.1, 0.15) is 0 Å². The number of hydrogen-bond donors (Lipinski definition) is 2. The minimum Gasteiger partial charge on any atom is -0.327 e. The van der Waals surface area contributed by atoms with Crippen molar-refractivity contribution in [2.24, 2.45) is 5.73 Å². The van der Waals surface area contributed by atoms with Crippen LogP contribution in [0.3, 0.4) is 0 Å². The lowest BCUT2D eigenvalue weighted by atomic mass is 9.97. The minimum absolute atomic E-state index is 0.0427. The van der Waals surface area contributed by atoms with E-state index >= 15 is 0 Å². The van der Waals surface area contributed by atoms with Gasteiger partial charge in [-0.15, -0.1) is 0 Å². The number of rotatable bonds is 4. The zero-order chi connectivity index (χ0) is 26.3. The molecule has 5 nitrogen and oxygen atoms in total. The summed E-state index contributed by atoms with van der Waals surface area (Å²) in [6.07, 6.45) is 4.82. The smallest absolute Gasteiger partial charge is 0.258 e. The highest BCUT2D eigenvalue weighted by Gasteiger charge is 2.22. The molecule has 192 valence electrons. The standard InChI is InChI=1S/C33H33N3O2/c34-27-14-5-2-10-22-36(31-17-9-6-13-26(31)23-27)33(38)25-18-20-28(21-19-25)35-32(37)30-16-8-7-15-29(30)24-11-3-1-4-12-24/h1,3-4,6-9,11-13,15-21,27H,2,5,10,14,22-23,34H2,(H,35,37). The van der Waals surface area contributed by atoms with Gasteiger partial charge in [-0.25, -0.2) is 0 Å². The summed E-state index contributed by atoms with van der Waals surface area (Å²) >= 11 is 0. The van der Waals surface area contributed by atoms with Crippen molar-refractivity contribution >= 4 is 23.2 Å². The van der Waals surface area contributed by atoms with E-state index in [0.29, 0.717) is 23.4 Å². The van der Waals surface area contributed by atoms with E-state index in [2.05, 4.69) is 11.4 Å². The summed E-state index contributed by atoms with van der Waals surface area (Å²) in [5, 5.41) is 2.99. The molecule has 5 rings (SSSR count). The van der Waals surface area contributed by atoms with Crippen LogP contribution in [0.15, 0.2) is 103 Å². The summed E-state index contributed by atoms with van der Waals surface area (Å²) in [7, 11) is 0. The van der Waals surface area contributed by atoms with E-state index in [0.717, 1.165) is 54.5 Å². The lowest BCUT2D eigenvalue weighted by Gasteiger charge is -2.28. The van der Waals surface area contributed by atoms with Gasteiger partial charge in [0, 0.05) is 35.1 Å². The molecular weight excluding hydrogens is 470 g/mol. The molecule has 1 heterocycles. The monoisotopic (exact) mass is 503 g/mol. The Morgan fingerprint density at radius 3 is 2.29 bits per heavy atom. The number of nitrogens with two attached hydrogens (primary N) is 1. The van der Waals surface area contributed by atoms with Crippen molar-refractivity contribution in [3.05, 3.63) is 120 Å². The number of fused-ring (bicyclic) bond motifs is 1. The predicted molar refractivity (Wildman–Crippen MR) is 155 cm³/mol. The number of amides is 2. The fourth-order valence-corrected chi connectivity index (χ4v) is 5.12. The summed E-state index contributed by atoms with van der Waals surface area (Å²) in [5.41, 5.74) is 12.1. The Morgan fingerprint density at radius 1 is 0.763 bits per heavy atom. The first kappa shape index (κ1) is 25.4. The van der Waals surface area contributed by atoms with Crippen molar-refractivity contribution in [2.75, 3.05) is 16.8 Å². The van der Waals surface area contributed by atoms with Crippen LogP contribution in [0.25, 0.3) is 11.1 Å². The topological polar surface area (TPSA) is 75.4 Å². The van der Waals surface area contributed by atoms with E-state index in [1.54, 1.807) is 24.3 Å². The first-order chi connectivity index (χ1) is 18.6. The van der Waals surface area contributed by atoms with Crippen LogP contribution in [0, 0.1) is 0 Å². The van der Waals surface area contributed by atoms with E-state index in [9.17, 15) is 9.59 Å². The molecule has 0 saturated heterocycles. The third kappa shape index (κ3) is 5.84. The second kappa shape index (κ2) is 11.9. The third-order valence-corrected chi connectivity index (χ3v) is 7.11. The van der Waals surface area contributed by atoms with Crippen LogP contribution in [0.4, 0.5) is 11.4 Å². The van der Waals surface area contributed by atoms with Crippen LogP contribution in [-0.4, -0.2) is 24.4 Å². The number of anilines is 2. The lowest BCUT2D eigenvalue weighted by molar-refractivity contribution is 0.0985. The number of para-hydroxylation sites is 1. The molecule has 4 aromatic carbocycles. The van der Waals surface area contributed by atoms with Gasteiger partial charge in [-0.2, -0.15) is 0 Å². The maximum absolute atomic E-state index is 13.7. The number of benzene rings is 4. The summed E-state index contributed by atoms with van der Waals surface area (Å²) in [4.78, 5) is 28.7. The van der Waals surface area contributed by atoms with E-state index in [1.165, 1.54) is 0 Å². The average molecular weight is 504 g/mol. The van der Waals surface area contributed by atoms with Crippen molar-refractivity contribution in [1.82, 2.24) is 0 Å². The van der Waals surface area contributed by atoms with Crippen LogP contribution >= 0.6 is 0 Å². The molecule has 1 aliphatic heterocycles. The highest BCUT2D eigenvalue weighted by molar-refractivity contribution is 6.09. The second-order valence-electron chi connectivity index (χ2n) is 9.84. The van der Waals surface area contributed by atoms with E-state index in [1.807, 2.05) is 77.7 Å². The summed E-state index contributed by atoms with van der Waals surface area (Å²) in [5.74, 6) is -0.233. The number of nitrogens with zero attached hydrogens (tertiary/aromatic N) is 1. The Bertz CT molecular complexity index is 1400. The Labute approximate surface area is 224 Å². The number of carbonyl (C=O) groups excluding carboxylic acids is 2. The molecule has 38 heavy (non-hydrogen) atoms. The Morgan fingerprint density at radius 2 is 1.47 bits per heavy atom. The maximum atomic E-state index is 13.7. The summed E-state index contributed by atoms with van der Waals surface area (Å²) in [6.45, 7) is 0.667. The highest BCUT2D eigenvalue weighted by atomic mass is 16.2. The molecular formula is C33H33N3O2. The van der Waals surface area contributed by atoms with Gasteiger partial charge < -0.3 is 16.0 Å². The Hall–Kier alpha value is -4.22. The van der Waals surface area contributed by atoms with Crippen LogP contribution in [0.5, 0.6) is 0 Å². The van der Waals surface area contributed by atoms with E-state index < -0.39 is 0 Å². The number of hydrogen-bond acceptors (Lipinski definition) is 3. The molecule has 1 aliphatic rings. The molecule has 0 bridgehead atoms. The molecule has 2 amide bonds. The zero-order valence-electron chi connectivity index (χ0n) is 21.5. The zero-order valence-corrected chi connectivity index (χ0v) is 21.5. The second-order valence-corrected chi connectivity index (χ2v) is 9.84. The van der Waals surface area contributed by atoms with Gasteiger partial charge in [-0.3, -0.25) is 9.59 Å². The Balaban J connectivity index is 1.35. The van der Waals surface area contributed by atoms with Crippen LogP contribution in [-0.2, 0) is 6.42 Å². The molecule has 1 unspecified atom stereocenters. The van der Waals surface area contributed by atoms with Gasteiger partial charge in [0.05, 0.1) is 0 Å². The van der Waals surface area contributed by atoms with Crippen molar-refractivity contribution in [3.63, 3.8) is 0 Å². The normalized spacial score (nSPS) is 15.8. The average Bonchev–Trinajstić information content (AvgIpc) is 2.96. The van der Waals surface area contributed by atoms with E-state index in [4.69, 9.17) is 5.73 Å². The predicted octanol–water partition coefficient (Wildman–Crippen LogP) is 6.70. The first-order valence-electron chi connectivity index (χ1n) is 13.3. The summed E-state index contributed by atoms with van der Waals surface area (Å²) in [6, 6.07) is 32.8. The molecule has 1 atom stereocenters. The molecule has 3 N–H and O–H groups in total. The van der Waals surface area contributed by atoms with Crippen LogP contribution in [0.2, 0.25) is 0 Å². The van der Waals surface area contributed by atoms with Gasteiger partial charge in [0.15, 0.2) is 0 Å². The fourth-order valence-electron chi connectivity index (χ4n) is 5.12. The lowest BCUT2D eigenvalue weighted by Crippen LogP contribution is -2.34. The van der Waals surface area contributed by atoms with Gasteiger partial charge in [-0.1, -0.05) is 79.6 Å². The van der Waals surface area contributed by atoms with Crippen LogP contribution in [0.1, 0.15) is 52.0 Å². The van der Waals surface area contributed by atoms with Gasteiger partial charge >= 0.3 is 0 Å². The quantitative estimate of drug-likeness (QED) is 0.325. The SMILES string of the molecule is NC1CCCCCN(C(=O)c2ccc(NC(=O)c3ccccc3-c3ccccc3)cc2)c2ccccc2C1. The summed E-state index contributed by atoms with van der Waals surface area (Å²) < 4.78 is 0. The fraction of sp³-hybridized carbons (Fsp3) is 0.212. The molecule has 0 radical (unpaired) electrons. The van der Waals surface area contributed by atoms with Crippen LogP contribution < -0.4 is 16.0 Å². The molecule has 0 aromatic heterocycles. The van der Waals surface area contributed by atoms with Gasteiger partial charge in [0.25, 0.3) is 11.8 Å².